The Hall–Kier alpha value is -1.52. The van der Waals surface area contributed by atoms with Gasteiger partial charge < -0.3 is 0 Å². The van der Waals surface area contributed by atoms with Gasteiger partial charge in [-0.3, -0.25) is 9.78 Å². The highest BCUT2D eigenvalue weighted by molar-refractivity contribution is 6.22. The molecule has 0 spiro atoms. The van der Waals surface area contributed by atoms with Crippen molar-refractivity contribution in [1.29, 1.82) is 0 Å². The second kappa shape index (κ2) is 4.00. The lowest BCUT2D eigenvalue weighted by atomic mass is 10.1. The fraction of sp³-hybridized carbons (Fsp3) is 0.500. The first kappa shape index (κ1) is 14.5. The Morgan fingerprint density at radius 3 is 1.94 bits per heavy atom. The molecule has 0 saturated carbocycles. The van der Waals surface area contributed by atoms with Crippen LogP contribution in [0.4, 0.5) is 26.3 Å². The van der Waals surface area contributed by atoms with Gasteiger partial charge in [-0.05, 0) is 11.6 Å². The molecule has 0 aliphatic heterocycles. The molecule has 0 bridgehead atoms. The Kier molecular flexibility index (Phi) is 3.23. The minimum atomic E-state index is -6.08. The van der Waals surface area contributed by atoms with E-state index in [0.717, 1.165) is 4.98 Å². The van der Waals surface area contributed by atoms with Crippen molar-refractivity contribution in [3.63, 3.8) is 0 Å². The molecule has 1 rings (SSSR count). The number of aromatic nitrogens is 3. The summed E-state index contributed by atoms with van der Waals surface area (Å²) in [5, 5.41) is -2.09. The Balaban J connectivity index is 3.47. The van der Waals surface area contributed by atoms with Gasteiger partial charge in [-0.15, -0.1) is 0 Å². The van der Waals surface area contributed by atoms with Gasteiger partial charge in [-0.2, -0.15) is 31.4 Å². The Bertz CT molecular complexity index is 561. The quantitative estimate of drug-likeness (QED) is 0.646. The first-order valence-electron chi connectivity index (χ1n) is 3.93. The lowest BCUT2D eigenvalue weighted by Crippen LogP contribution is -2.52. The molecule has 2 N–H and O–H groups in total. The van der Waals surface area contributed by atoms with Gasteiger partial charge in [0, 0.05) is 0 Å². The fourth-order valence-electron chi connectivity index (χ4n) is 0.887. The van der Waals surface area contributed by atoms with Crippen molar-refractivity contribution in [2.24, 2.45) is 0 Å². The van der Waals surface area contributed by atoms with E-state index in [1.165, 1.54) is 5.10 Å². The molecule has 1 aromatic heterocycles. The molecular formula is C6H2ClF6N3O2. The fourth-order valence-corrected chi connectivity index (χ4v) is 1.01. The minimum absolute atomic E-state index is 1.14. The molecule has 0 aromatic carbocycles. The van der Waals surface area contributed by atoms with Crippen LogP contribution in [0.3, 0.4) is 0 Å². The van der Waals surface area contributed by atoms with E-state index in [9.17, 15) is 35.9 Å². The van der Waals surface area contributed by atoms with Crippen molar-refractivity contribution in [2.75, 3.05) is 0 Å². The van der Waals surface area contributed by atoms with Crippen molar-refractivity contribution in [3.05, 3.63) is 26.5 Å². The van der Waals surface area contributed by atoms with Crippen LogP contribution >= 0.6 is 11.6 Å². The van der Waals surface area contributed by atoms with Crippen LogP contribution in [0, 0.1) is 0 Å². The summed E-state index contributed by atoms with van der Waals surface area (Å²) < 4.78 is 76.2. The van der Waals surface area contributed by atoms with Crippen molar-refractivity contribution in [3.8, 4) is 0 Å². The summed E-state index contributed by atoms with van der Waals surface area (Å²) in [7, 11) is 0. The molecule has 0 aliphatic rings. The monoisotopic (exact) mass is 297 g/mol. The van der Waals surface area contributed by atoms with E-state index < -0.39 is 34.2 Å². The maximum atomic E-state index is 13.1. The summed E-state index contributed by atoms with van der Waals surface area (Å²) in [4.78, 5) is 22.4. The highest BCUT2D eigenvalue weighted by atomic mass is 35.5. The summed E-state index contributed by atoms with van der Waals surface area (Å²) in [6, 6.07) is 0. The van der Waals surface area contributed by atoms with Crippen molar-refractivity contribution >= 4 is 11.6 Å². The van der Waals surface area contributed by atoms with Gasteiger partial charge in [-0.1, -0.05) is 0 Å². The number of alkyl halides is 7. The van der Waals surface area contributed by atoms with Gasteiger partial charge in [0.2, 0.25) is 5.69 Å². The van der Waals surface area contributed by atoms with E-state index >= 15 is 0 Å². The maximum absolute atomic E-state index is 13.1. The van der Waals surface area contributed by atoms with Crippen molar-refractivity contribution in [2.45, 2.75) is 17.2 Å². The molecule has 102 valence electrons. The molecule has 12 heteroatoms. The zero-order valence-electron chi connectivity index (χ0n) is 7.91. The van der Waals surface area contributed by atoms with E-state index in [-0.39, 0.29) is 0 Å². The van der Waals surface area contributed by atoms with Crippen LogP contribution in [-0.4, -0.2) is 26.5 Å². The third kappa shape index (κ3) is 2.09. The topological polar surface area (TPSA) is 78.6 Å². The first-order chi connectivity index (χ1) is 7.91. The SMILES string of the molecule is O=c1[nH]nc(C(F)(F)C(F)(F)C(F)(F)Cl)c(=O)[nH]1. The largest absolute Gasteiger partial charge is 0.392 e. The van der Waals surface area contributed by atoms with E-state index in [2.05, 4.69) is 16.7 Å². The predicted molar refractivity (Wildman–Crippen MR) is 45.1 cm³/mol. The number of halogens is 7. The molecule has 0 unspecified atom stereocenters. The predicted octanol–water partition coefficient (Wildman–Crippen LogP) is 1.02. The Morgan fingerprint density at radius 2 is 1.56 bits per heavy atom. The van der Waals surface area contributed by atoms with Gasteiger partial charge >= 0.3 is 22.9 Å². The first-order valence-corrected chi connectivity index (χ1v) is 4.31. The maximum Gasteiger partial charge on any atom is 0.392 e. The second-order valence-electron chi connectivity index (χ2n) is 3.00. The average Bonchev–Trinajstić information content (AvgIpc) is 2.14. The van der Waals surface area contributed by atoms with Gasteiger partial charge in [0.05, 0.1) is 0 Å². The van der Waals surface area contributed by atoms with Crippen LogP contribution in [-0.2, 0) is 5.92 Å². The van der Waals surface area contributed by atoms with Crippen molar-refractivity contribution in [1.82, 2.24) is 15.2 Å². The molecule has 18 heavy (non-hydrogen) atoms. The summed E-state index contributed by atoms with van der Waals surface area (Å²) in [6.45, 7) is 0. The number of H-pyrrole nitrogens is 2. The molecule has 1 aromatic rings. The molecule has 0 aliphatic carbocycles. The average molecular weight is 298 g/mol. The number of hydrogen-bond donors (Lipinski definition) is 2. The molecule has 0 radical (unpaired) electrons. The van der Waals surface area contributed by atoms with Gasteiger partial charge in [0.1, 0.15) is 0 Å². The van der Waals surface area contributed by atoms with Crippen LogP contribution < -0.4 is 11.2 Å². The molecular weight excluding hydrogens is 296 g/mol. The zero-order valence-corrected chi connectivity index (χ0v) is 8.67. The van der Waals surface area contributed by atoms with Gasteiger partial charge in [0.25, 0.3) is 5.56 Å². The summed E-state index contributed by atoms with van der Waals surface area (Å²) in [5.74, 6) is -11.8. The van der Waals surface area contributed by atoms with E-state index in [4.69, 9.17) is 0 Å². The number of nitrogens with one attached hydrogen (secondary N) is 2. The van der Waals surface area contributed by atoms with Crippen LogP contribution in [0.15, 0.2) is 9.59 Å². The normalized spacial score (nSPS) is 13.7. The molecule has 5 nitrogen and oxygen atoms in total. The molecule has 0 atom stereocenters. The number of nitrogens with zero attached hydrogens (tertiary/aromatic N) is 1. The summed E-state index contributed by atoms with van der Waals surface area (Å²) >= 11 is 3.87. The smallest absolute Gasteiger partial charge is 0.271 e. The number of hydrogen-bond acceptors (Lipinski definition) is 3. The Labute approximate surface area is 97.8 Å². The van der Waals surface area contributed by atoms with E-state index in [1.54, 1.807) is 0 Å². The van der Waals surface area contributed by atoms with E-state index in [0.29, 0.717) is 0 Å². The van der Waals surface area contributed by atoms with Crippen molar-refractivity contribution < 1.29 is 26.3 Å². The second-order valence-corrected chi connectivity index (χ2v) is 3.48. The molecule has 0 fully saturated rings. The zero-order chi connectivity index (χ0) is 14.4. The van der Waals surface area contributed by atoms with E-state index in [1.807, 2.05) is 0 Å². The van der Waals surface area contributed by atoms with Crippen LogP contribution in [0.5, 0.6) is 0 Å². The lowest BCUT2D eigenvalue weighted by Gasteiger charge is -2.27. The number of aromatic amines is 2. The highest BCUT2D eigenvalue weighted by Gasteiger charge is 2.73. The molecule has 0 saturated heterocycles. The third-order valence-electron chi connectivity index (χ3n) is 1.76. The Morgan fingerprint density at radius 1 is 1.06 bits per heavy atom. The third-order valence-corrected chi connectivity index (χ3v) is 2.00. The molecule has 0 amide bonds. The summed E-state index contributed by atoms with van der Waals surface area (Å²) in [5.41, 5.74) is -5.70. The lowest BCUT2D eigenvalue weighted by molar-refractivity contribution is -0.288. The molecule has 1 heterocycles. The summed E-state index contributed by atoms with van der Waals surface area (Å²) in [6.07, 6.45) is 0. The van der Waals surface area contributed by atoms with Crippen LogP contribution in [0.1, 0.15) is 5.69 Å². The van der Waals surface area contributed by atoms with Gasteiger partial charge in [0.15, 0.2) is 0 Å². The van der Waals surface area contributed by atoms with Gasteiger partial charge in [-0.25, -0.2) is 9.89 Å². The van der Waals surface area contributed by atoms with Crippen LogP contribution in [0.25, 0.3) is 0 Å². The number of rotatable bonds is 3. The highest BCUT2D eigenvalue weighted by Crippen LogP contribution is 2.51. The van der Waals surface area contributed by atoms with Crippen LogP contribution in [0.2, 0.25) is 0 Å². The standard InChI is InChI=1S/C6H2ClF6N3O2/c7-6(12,13)5(10,11)4(8,9)1-2(17)14-3(18)16-15-1/h(H2,14,16,17,18). The minimum Gasteiger partial charge on any atom is -0.271 e.